The third-order valence-corrected chi connectivity index (χ3v) is 2.10. The maximum absolute atomic E-state index is 9.54. The molecule has 0 unspecified atom stereocenters. The summed E-state index contributed by atoms with van der Waals surface area (Å²) in [4.78, 5) is 6.26. The fraction of sp³-hybridized carbons (Fsp3) is 0.400. The van der Waals surface area contributed by atoms with Crippen molar-refractivity contribution in [2.45, 2.75) is 0 Å². The second kappa shape index (κ2) is 7.82. The molecule has 1 rings (SSSR count). The molecule has 0 radical (unpaired) electrons. The third kappa shape index (κ3) is 4.55. The van der Waals surface area contributed by atoms with Gasteiger partial charge >= 0.3 is 0 Å². The molecule has 17 heavy (non-hydrogen) atoms. The molecule has 1 aromatic carbocycles. The standard InChI is InChI=1S/C10H15NO6/c12-7-5-11(6-8-13)9-1-3-10(4-2-9)15-17-16-14/h1-4,12-14H,5-8H2/p-1. The summed E-state index contributed by atoms with van der Waals surface area (Å²) >= 11 is 0. The number of aliphatic hydroxyl groups excluding tert-OH is 2. The van der Waals surface area contributed by atoms with Crippen molar-refractivity contribution in [2.75, 3.05) is 31.2 Å². The predicted octanol–water partition coefficient (Wildman–Crippen LogP) is -1.01. The van der Waals surface area contributed by atoms with Gasteiger partial charge in [-0.1, -0.05) is 0 Å². The monoisotopic (exact) mass is 244 g/mol. The fourth-order valence-electron chi connectivity index (χ4n) is 1.38. The molecule has 0 saturated carbocycles. The number of aliphatic hydroxyl groups is 2. The van der Waals surface area contributed by atoms with E-state index < -0.39 is 0 Å². The Morgan fingerprint density at radius 2 is 1.65 bits per heavy atom. The van der Waals surface area contributed by atoms with Gasteiger partial charge in [0.25, 0.3) is 0 Å². The summed E-state index contributed by atoms with van der Waals surface area (Å²) in [5.74, 6) is 0.303. The molecule has 7 heteroatoms. The van der Waals surface area contributed by atoms with E-state index in [-0.39, 0.29) is 13.2 Å². The van der Waals surface area contributed by atoms with E-state index in [2.05, 4.69) is 15.0 Å². The van der Waals surface area contributed by atoms with Crippen molar-refractivity contribution in [3.8, 4) is 5.75 Å². The maximum Gasteiger partial charge on any atom is 0.168 e. The highest BCUT2D eigenvalue weighted by molar-refractivity contribution is 5.48. The lowest BCUT2D eigenvalue weighted by Crippen LogP contribution is -2.29. The Morgan fingerprint density at radius 3 is 2.12 bits per heavy atom. The first-order valence-corrected chi connectivity index (χ1v) is 5.01. The van der Waals surface area contributed by atoms with Crippen LogP contribution in [0, 0.1) is 0 Å². The van der Waals surface area contributed by atoms with Crippen LogP contribution in [-0.4, -0.2) is 36.5 Å². The van der Waals surface area contributed by atoms with Gasteiger partial charge in [0.1, 0.15) is 0 Å². The summed E-state index contributed by atoms with van der Waals surface area (Å²) in [5, 5.41) is 34.1. The molecule has 0 aromatic heterocycles. The average molecular weight is 244 g/mol. The molecular formula is C10H14NO6-. The van der Waals surface area contributed by atoms with Gasteiger partial charge < -0.3 is 25.3 Å². The molecule has 0 saturated heterocycles. The zero-order valence-corrected chi connectivity index (χ0v) is 9.11. The molecule has 96 valence electrons. The highest BCUT2D eigenvalue weighted by Gasteiger charge is 2.05. The zero-order valence-electron chi connectivity index (χ0n) is 9.11. The number of hydrogen-bond donors (Lipinski definition) is 2. The molecule has 0 bridgehead atoms. The molecule has 0 aliphatic carbocycles. The number of nitrogens with zero attached hydrogens (tertiary/aromatic N) is 1. The van der Waals surface area contributed by atoms with Gasteiger partial charge in [-0.25, -0.2) is 0 Å². The van der Waals surface area contributed by atoms with E-state index in [9.17, 15) is 5.26 Å². The lowest BCUT2D eigenvalue weighted by atomic mass is 10.2. The van der Waals surface area contributed by atoms with Crippen LogP contribution in [0.25, 0.3) is 0 Å². The van der Waals surface area contributed by atoms with Crippen molar-refractivity contribution in [3.63, 3.8) is 0 Å². The quantitative estimate of drug-likeness (QED) is 0.447. The minimum atomic E-state index is -0.00855. The molecule has 0 spiro atoms. The summed E-state index contributed by atoms with van der Waals surface area (Å²) in [6.07, 6.45) is 0. The van der Waals surface area contributed by atoms with Crippen LogP contribution < -0.4 is 15.0 Å². The van der Waals surface area contributed by atoms with E-state index >= 15 is 0 Å². The van der Waals surface area contributed by atoms with Gasteiger partial charge in [0.15, 0.2) is 5.75 Å². The van der Waals surface area contributed by atoms with E-state index in [1.54, 1.807) is 29.2 Å². The van der Waals surface area contributed by atoms with Crippen molar-refractivity contribution >= 4 is 5.69 Å². The van der Waals surface area contributed by atoms with Crippen LogP contribution in [0.3, 0.4) is 0 Å². The van der Waals surface area contributed by atoms with E-state index in [1.165, 1.54) is 0 Å². The average Bonchev–Trinajstić information content (AvgIpc) is 2.37. The maximum atomic E-state index is 9.54. The Hall–Kier alpha value is -1.38. The van der Waals surface area contributed by atoms with Gasteiger partial charge in [0.05, 0.1) is 13.2 Å². The Bertz CT molecular complexity index is 298. The van der Waals surface area contributed by atoms with E-state index in [0.29, 0.717) is 18.8 Å². The molecule has 1 aromatic rings. The van der Waals surface area contributed by atoms with Gasteiger partial charge in [-0.2, -0.15) is 0 Å². The molecule has 0 amide bonds. The Kier molecular flexibility index (Phi) is 6.30. The highest BCUT2D eigenvalue weighted by Crippen LogP contribution is 2.19. The molecule has 0 aliphatic rings. The van der Waals surface area contributed by atoms with Gasteiger partial charge in [-0.3, -0.25) is 5.04 Å². The molecule has 0 atom stereocenters. The fourth-order valence-corrected chi connectivity index (χ4v) is 1.38. The van der Waals surface area contributed by atoms with Crippen LogP contribution in [0.15, 0.2) is 24.3 Å². The smallest absolute Gasteiger partial charge is 0.168 e. The largest absolute Gasteiger partial charge is 0.689 e. The molecule has 2 N–H and O–H groups in total. The normalized spacial score (nSPS) is 10.3. The van der Waals surface area contributed by atoms with Crippen LogP contribution in [0.1, 0.15) is 0 Å². The van der Waals surface area contributed by atoms with E-state index in [4.69, 9.17) is 10.2 Å². The number of anilines is 1. The minimum absolute atomic E-state index is 0.00855. The molecule has 0 aliphatic heterocycles. The molecular weight excluding hydrogens is 230 g/mol. The summed E-state index contributed by atoms with van der Waals surface area (Å²) in [6.45, 7) is 0.818. The summed E-state index contributed by atoms with van der Waals surface area (Å²) in [7, 11) is 0. The SMILES string of the molecule is [O-]OOOc1ccc(N(CCO)CCO)cc1. The molecule has 7 nitrogen and oxygen atoms in total. The first kappa shape index (κ1) is 13.7. The minimum Gasteiger partial charge on any atom is -0.689 e. The predicted molar refractivity (Wildman–Crippen MR) is 55.6 cm³/mol. The van der Waals surface area contributed by atoms with Crippen LogP contribution in [0.4, 0.5) is 5.69 Å². The lowest BCUT2D eigenvalue weighted by Gasteiger charge is -2.22. The summed E-state index contributed by atoms with van der Waals surface area (Å²) in [5.41, 5.74) is 0.809. The first-order valence-electron chi connectivity index (χ1n) is 5.01. The van der Waals surface area contributed by atoms with Crippen molar-refractivity contribution in [2.24, 2.45) is 0 Å². The van der Waals surface area contributed by atoms with Crippen LogP contribution in [0.2, 0.25) is 0 Å². The van der Waals surface area contributed by atoms with Crippen LogP contribution in [0.5, 0.6) is 5.75 Å². The second-order valence-electron chi connectivity index (χ2n) is 3.15. The Balaban J connectivity index is 2.63. The van der Waals surface area contributed by atoms with Crippen LogP contribution >= 0.6 is 0 Å². The topological polar surface area (TPSA) is 94.5 Å². The van der Waals surface area contributed by atoms with Gasteiger partial charge in [0, 0.05) is 18.8 Å². The van der Waals surface area contributed by atoms with Crippen molar-refractivity contribution < 1.29 is 30.4 Å². The number of benzene rings is 1. The van der Waals surface area contributed by atoms with Crippen molar-refractivity contribution in [1.29, 1.82) is 0 Å². The highest BCUT2D eigenvalue weighted by atomic mass is 17.6. The van der Waals surface area contributed by atoms with Crippen molar-refractivity contribution in [3.05, 3.63) is 24.3 Å². The van der Waals surface area contributed by atoms with E-state index in [1.807, 2.05) is 0 Å². The van der Waals surface area contributed by atoms with Crippen molar-refractivity contribution in [1.82, 2.24) is 0 Å². The van der Waals surface area contributed by atoms with Gasteiger partial charge in [0.2, 0.25) is 0 Å². The Labute approximate surface area is 98.2 Å². The zero-order chi connectivity index (χ0) is 12.5. The second-order valence-corrected chi connectivity index (χ2v) is 3.15. The summed E-state index contributed by atoms with van der Waals surface area (Å²) < 4.78 is 0. The summed E-state index contributed by atoms with van der Waals surface area (Å²) in [6, 6.07) is 6.54. The number of rotatable bonds is 8. The Morgan fingerprint density at radius 1 is 1.06 bits per heavy atom. The molecule has 0 fully saturated rings. The third-order valence-electron chi connectivity index (χ3n) is 2.10. The number of hydrogen-bond acceptors (Lipinski definition) is 7. The van der Waals surface area contributed by atoms with E-state index in [0.717, 1.165) is 5.69 Å². The lowest BCUT2D eigenvalue weighted by molar-refractivity contribution is -0.838. The van der Waals surface area contributed by atoms with Gasteiger partial charge in [-0.05, 0) is 29.3 Å². The first-order chi connectivity index (χ1) is 8.31. The van der Waals surface area contributed by atoms with Crippen LogP contribution in [-0.2, 0) is 10.1 Å². The molecule has 0 heterocycles. The van der Waals surface area contributed by atoms with Gasteiger partial charge in [-0.15, -0.1) is 0 Å².